The number of hydrogen-bond donors (Lipinski definition) is 0. The van der Waals surface area contributed by atoms with E-state index in [0.29, 0.717) is 28.9 Å². The minimum absolute atomic E-state index is 0.323. The highest BCUT2D eigenvalue weighted by atomic mass is 19.1. The number of rotatable bonds is 5. The van der Waals surface area contributed by atoms with Gasteiger partial charge in [0, 0.05) is 5.39 Å². The minimum atomic E-state index is -0.385. The van der Waals surface area contributed by atoms with Crippen LogP contribution >= 0.6 is 0 Å². The summed E-state index contributed by atoms with van der Waals surface area (Å²) in [5.41, 5.74) is 0.422. The molecular formula is C17H19FO2. The second-order valence-corrected chi connectivity index (χ2v) is 5.13. The van der Waals surface area contributed by atoms with Crippen molar-refractivity contribution in [2.45, 2.75) is 26.7 Å². The predicted molar refractivity (Wildman–Crippen MR) is 78.3 cm³/mol. The molecule has 2 nitrogen and oxygen atoms in total. The third-order valence-electron chi connectivity index (χ3n) is 3.37. The van der Waals surface area contributed by atoms with Gasteiger partial charge in [0.15, 0.2) is 0 Å². The van der Waals surface area contributed by atoms with Crippen molar-refractivity contribution in [3.05, 3.63) is 47.8 Å². The van der Waals surface area contributed by atoms with E-state index in [-0.39, 0.29) is 11.8 Å². The molecule has 0 spiro atoms. The summed E-state index contributed by atoms with van der Waals surface area (Å²) in [5, 5.41) is 1.05. The van der Waals surface area contributed by atoms with E-state index in [2.05, 4.69) is 13.8 Å². The van der Waals surface area contributed by atoms with Crippen molar-refractivity contribution in [3.63, 3.8) is 0 Å². The van der Waals surface area contributed by atoms with Crippen LogP contribution in [0.1, 0.15) is 37.0 Å². The summed E-state index contributed by atoms with van der Waals surface area (Å²) in [4.78, 5) is 12.1. The van der Waals surface area contributed by atoms with Gasteiger partial charge in [0.05, 0.1) is 12.2 Å². The Morgan fingerprint density at radius 2 is 1.90 bits per heavy atom. The molecule has 3 heteroatoms. The highest BCUT2D eigenvalue weighted by Gasteiger charge is 2.14. The van der Waals surface area contributed by atoms with E-state index >= 15 is 0 Å². The number of carbonyl (C=O) groups is 1. The standard InChI is InChI=1S/C17H19FO2/c1-3-6-12(2)11-20-17(19)15-9-10-16(18)14-8-5-4-7-13(14)15/h4-5,7-10,12H,3,6,11H2,1-2H3. The average molecular weight is 274 g/mol. The largest absolute Gasteiger partial charge is 0.462 e. The van der Waals surface area contributed by atoms with Crippen molar-refractivity contribution in [2.75, 3.05) is 6.61 Å². The number of fused-ring (bicyclic) bond motifs is 1. The van der Waals surface area contributed by atoms with Gasteiger partial charge in [-0.2, -0.15) is 0 Å². The molecule has 0 aliphatic carbocycles. The van der Waals surface area contributed by atoms with Crippen molar-refractivity contribution in [2.24, 2.45) is 5.92 Å². The number of carbonyl (C=O) groups excluding carboxylic acids is 1. The van der Waals surface area contributed by atoms with Gasteiger partial charge in [-0.05, 0) is 29.9 Å². The smallest absolute Gasteiger partial charge is 0.338 e. The molecule has 0 aromatic heterocycles. The molecule has 0 aliphatic rings. The van der Waals surface area contributed by atoms with Gasteiger partial charge in [0.25, 0.3) is 0 Å². The molecule has 0 radical (unpaired) electrons. The van der Waals surface area contributed by atoms with E-state index in [4.69, 9.17) is 4.74 Å². The fourth-order valence-corrected chi connectivity index (χ4v) is 2.31. The first-order chi connectivity index (χ1) is 9.63. The second kappa shape index (κ2) is 6.51. The second-order valence-electron chi connectivity index (χ2n) is 5.13. The Hall–Kier alpha value is -1.90. The van der Waals surface area contributed by atoms with Gasteiger partial charge in [-0.3, -0.25) is 0 Å². The van der Waals surface area contributed by atoms with Gasteiger partial charge >= 0.3 is 5.97 Å². The first-order valence-electron chi connectivity index (χ1n) is 6.97. The number of ether oxygens (including phenoxy) is 1. The Morgan fingerprint density at radius 1 is 1.20 bits per heavy atom. The van der Waals surface area contributed by atoms with Gasteiger partial charge in [0.2, 0.25) is 0 Å². The molecule has 1 unspecified atom stereocenters. The maximum atomic E-state index is 13.7. The molecule has 0 amide bonds. The maximum Gasteiger partial charge on any atom is 0.338 e. The molecule has 2 aromatic rings. The van der Waals surface area contributed by atoms with E-state index in [1.54, 1.807) is 24.3 Å². The lowest BCUT2D eigenvalue weighted by Crippen LogP contribution is -2.12. The van der Waals surface area contributed by atoms with Gasteiger partial charge in [-0.15, -0.1) is 0 Å². The van der Waals surface area contributed by atoms with Crippen LogP contribution in [0.4, 0.5) is 4.39 Å². The zero-order valence-electron chi connectivity index (χ0n) is 11.9. The van der Waals surface area contributed by atoms with Crippen LogP contribution in [-0.4, -0.2) is 12.6 Å². The Morgan fingerprint density at radius 3 is 2.60 bits per heavy atom. The molecule has 0 saturated heterocycles. The van der Waals surface area contributed by atoms with E-state index in [1.807, 2.05) is 0 Å². The zero-order valence-corrected chi connectivity index (χ0v) is 11.9. The van der Waals surface area contributed by atoms with Crippen LogP contribution in [0.15, 0.2) is 36.4 Å². The molecule has 0 aliphatic heterocycles. The maximum absolute atomic E-state index is 13.7. The molecule has 0 heterocycles. The molecular weight excluding hydrogens is 255 g/mol. The van der Waals surface area contributed by atoms with Crippen molar-refractivity contribution in [3.8, 4) is 0 Å². The van der Waals surface area contributed by atoms with Gasteiger partial charge < -0.3 is 4.74 Å². The van der Waals surface area contributed by atoms with Gasteiger partial charge in [-0.25, -0.2) is 9.18 Å². The van der Waals surface area contributed by atoms with E-state index in [1.165, 1.54) is 12.1 Å². The minimum Gasteiger partial charge on any atom is -0.462 e. The molecule has 20 heavy (non-hydrogen) atoms. The third kappa shape index (κ3) is 3.16. The summed E-state index contributed by atoms with van der Waals surface area (Å²) in [5.74, 6) is -0.365. The Kier molecular flexibility index (Phi) is 4.72. The number of benzene rings is 2. The van der Waals surface area contributed by atoms with Crippen molar-refractivity contribution in [1.29, 1.82) is 0 Å². The van der Waals surface area contributed by atoms with Crippen LogP contribution in [0, 0.1) is 11.7 Å². The highest BCUT2D eigenvalue weighted by Crippen LogP contribution is 2.22. The lowest BCUT2D eigenvalue weighted by molar-refractivity contribution is 0.0446. The normalized spacial score (nSPS) is 12.3. The van der Waals surface area contributed by atoms with Gasteiger partial charge in [-0.1, -0.05) is 44.5 Å². The topological polar surface area (TPSA) is 26.3 Å². The molecule has 106 valence electrons. The summed E-state index contributed by atoms with van der Waals surface area (Å²) in [6.07, 6.45) is 2.09. The highest BCUT2D eigenvalue weighted by molar-refractivity contribution is 6.04. The van der Waals surface area contributed by atoms with Crippen LogP contribution < -0.4 is 0 Å². The Labute approximate surface area is 118 Å². The van der Waals surface area contributed by atoms with Crippen LogP contribution in [-0.2, 0) is 4.74 Å². The monoisotopic (exact) mass is 274 g/mol. The third-order valence-corrected chi connectivity index (χ3v) is 3.37. The summed E-state index contributed by atoms with van der Waals surface area (Å²) in [7, 11) is 0. The lowest BCUT2D eigenvalue weighted by atomic mass is 10.0. The fourth-order valence-electron chi connectivity index (χ4n) is 2.31. The molecule has 2 rings (SSSR count). The number of halogens is 1. The molecule has 0 bridgehead atoms. The fraction of sp³-hybridized carbons (Fsp3) is 0.353. The lowest BCUT2D eigenvalue weighted by Gasteiger charge is -2.12. The Balaban J connectivity index is 2.20. The molecule has 0 N–H and O–H groups in total. The molecule has 1 atom stereocenters. The first-order valence-corrected chi connectivity index (χ1v) is 6.97. The Bertz CT molecular complexity index is 607. The molecule has 2 aromatic carbocycles. The van der Waals surface area contributed by atoms with E-state index in [0.717, 1.165) is 12.8 Å². The number of esters is 1. The van der Waals surface area contributed by atoms with Gasteiger partial charge in [0.1, 0.15) is 5.82 Å². The van der Waals surface area contributed by atoms with Crippen LogP contribution in [0.2, 0.25) is 0 Å². The van der Waals surface area contributed by atoms with Crippen LogP contribution in [0.5, 0.6) is 0 Å². The van der Waals surface area contributed by atoms with E-state index < -0.39 is 0 Å². The molecule has 0 saturated carbocycles. The van der Waals surface area contributed by atoms with Crippen LogP contribution in [0.25, 0.3) is 10.8 Å². The predicted octanol–water partition coefficient (Wildman–Crippen LogP) is 4.57. The number of hydrogen-bond acceptors (Lipinski definition) is 2. The van der Waals surface area contributed by atoms with Crippen LogP contribution in [0.3, 0.4) is 0 Å². The molecule has 0 fully saturated rings. The quantitative estimate of drug-likeness (QED) is 0.746. The van der Waals surface area contributed by atoms with Crippen molar-refractivity contribution in [1.82, 2.24) is 0 Å². The summed E-state index contributed by atoms with van der Waals surface area (Å²) in [6.45, 7) is 4.56. The summed E-state index contributed by atoms with van der Waals surface area (Å²) >= 11 is 0. The zero-order chi connectivity index (χ0) is 14.5. The first kappa shape index (κ1) is 14.5. The van der Waals surface area contributed by atoms with Crippen molar-refractivity contribution < 1.29 is 13.9 Å². The SMILES string of the molecule is CCCC(C)COC(=O)c1ccc(F)c2ccccc12. The summed E-state index contributed by atoms with van der Waals surface area (Å²) < 4.78 is 19.0. The summed E-state index contributed by atoms with van der Waals surface area (Å²) in [6, 6.07) is 9.76. The van der Waals surface area contributed by atoms with E-state index in [9.17, 15) is 9.18 Å². The van der Waals surface area contributed by atoms with Crippen molar-refractivity contribution >= 4 is 16.7 Å². The average Bonchev–Trinajstić information content (AvgIpc) is 2.46.